The smallest absolute Gasteiger partial charge is 0.330 e. The van der Waals surface area contributed by atoms with Crippen molar-refractivity contribution in [2.75, 3.05) is 18.1 Å². The third kappa shape index (κ3) is 3.77. The second-order valence-corrected chi connectivity index (χ2v) is 16.0. The van der Waals surface area contributed by atoms with Crippen LogP contribution in [0, 0.1) is 5.92 Å². The van der Waals surface area contributed by atoms with Crippen molar-refractivity contribution >= 4 is 39.2 Å². The van der Waals surface area contributed by atoms with Gasteiger partial charge in [0.05, 0.1) is 12.7 Å². The highest BCUT2D eigenvalue weighted by Gasteiger charge is 2.44. The van der Waals surface area contributed by atoms with Crippen molar-refractivity contribution in [2.24, 2.45) is 5.92 Å². The number of hydrogen-bond donors (Lipinski definition) is 1. The molecule has 1 aromatic rings. The van der Waals surface area contributed by atoms with Gasteiger partial charge in [-0.1, -0.05) is 29.7 Å². The summed E-state index contributed by atoms with van der Waals surface area (Å²) in [5, 5.41) is 0. The number of hydrogen-bond acceptors (Lipinski definition) is 7. The minimum absolute atomic E-state index is 0.216. The molecule has 2 fully saturated rings. The SMILES string of the molecule is C[C@H]1[C@@H](F)[C@H](n2ccc(=O)[nH]c2=O)O[C@@H]1COP1(=S)SCCS1. The number of rotatable bonds is 4. The quantitative estimate of drug-likeness (QED) is 0.779. The van der Waals surface area contributed by atoms with Gasteiger partial charge in [0.15, 0.2) is 17.1 Å². The highest BCUT2D eigenvalue weighted by Crippen LogP contribution is 2.74. The molecule has 3 heterocycles. The molecule has 0 spiro atoms. The third-order valence-corrected chi connectivity index (χ3v) is 13.6. The van der Waals surface area contributed by atoms with Crippen molar-refractivity contribution in [1.29, 1.82) is 0 Å². The van der Waals surface area contributed by atoms with Gasteiger partial charge in [0.2, 0.25) is 0 Å². The van der Waals surface area contributed by atoms with Gasteiger partial charge in [0.1, 0.15) is 0 Å². The van der Waals surface area contributed by atoms with Crippen LogP contribution in [0.15, 0.2) is 21.9 Å². The molecule has 2 aliphatic rings. The van der Waals surface area contributed by atoms with Gasteiger partial charge >= 0.3 is 5.69 Å². The van der Waals surface area contributed by atoms with Crippen LogP contribution in [0.3, 0.4) is 0 Å². The van der Waals surface area contributed by atoms with E-state index in [9.17, 15) is 14.0 Å². The maximum atomic E-state index is 14.5. The Kier molecular flexibility index (Phi) is 5.40. The normalized spacial score (nSPS) is 33.1. The van der Waals surface area contributed by atoms with Crippen LogP contribution in [0.1, 0.15) is 13.2 Å². The predicted octanol–water partition coefficient (Wildman–Crippen LogP) is 2.13. The standard InChI is InChI=1S/C12H16FN2O4PS3/c1-7-8(6-18-20(21)22-4-5-23-20)19-11(10(7)13)15-3-2-9(16)14-12(15)17/h2-3,7-8,10-11H,4-6H2,1H3,(H,14,16,17)/t7-,8-,10-,11-/m1/s1. The van der Waals surface area contributed by atoms with E-state index >= 15 is 0 Å². The number of H-pyrrole nitrogens is 1. The van der Waals surface area contributed by atoms with Gasteiger partial charge in [-0.15, -0.1) is 0 Å². The van der Waals surface area contributed by atoms with Crippen LogP contribution in [0.25, 0.3) is 0 Å². The van der Waals surface area contributed by atoms with Crippen LogP contribution < -0.4 is 11.2 Å². The summed E-state index contributed by atoms with van der Waals surface area (Å²) in [7, 11) is 0. The Labute approximate surface area is 145 Å². The largest absolute Gasteiger partial charge is 0.349 e. The molecular formula is C12H16FN2O4PS3. The second-order valence-electron chi connectivity index (χ2n) is 5.30. The number of nitrogens with zero attached hydrogens (tertiary/aromatic N) is 1. The molecule has 2 aliphatic heterocycles. The van der Waals surface area contributed by atoms with Crippen LogP contribution in [-0.2, 0) is 21.1 Å². The zero-order chi connectivity index (χ0) is 16.6. The fraction of sp³-hybridized carbons (Fsp3) is 0.667. The minimum atomic E-state index is -1.93. The molecule has 1 aromatic heterocycles. The maximum Gasteiger partial charge on any atom is 0.330 e. The van der Waals surface area contributed by atoms with Crippen LogP contribution in [-0.4, -0.2) is 39.9 Å². The van der Waals surface area contributed by atoms with E-state index in [2.05, 4.69) is 4.98 Å². The van der Waals surface area contributed by atoms with Gasteiger partial charge in [-0.2, -0.15) is 0 Å². The zero-order valence-corrected chi connectivity index (χ0v) is 15.6. The van der Waals surface area contributed by atoms with E-state index in [0.29, 0.717) is 0 Å². The molecule has 4 atom stereocenters. The van der Waals surface area contributed by atoms with Gasteiger partial charge in [0, 0.05) is 29.7 Å². The van der Waals surface area contributed by atoms with Crippen molar-refractivity contribution in [1.82, 2.24) is 9.55 Å². The Balaban J connectivity index is 1.72. The van der Waals surface area contributed by atoms with Crippen molar-refractivity contribution < 1.29 is 13.7 Å². The van der Waals surface area contributed by atoms with Crippen molar-refractivity contribution in [3.05, 3.63) is 33.1 Å². The molecule has 0 radical (unpaired) electrons. The van der Waals surface area contributed by atoms with Crippen molar-refractivity contribution in [3.8, 4) is 0 Å². The van der Waals surface area contributed by atoms with Gasteiger partial charge in [0.25, 0.3) is 5.56 Å². The molecule has 0 aromatic carbocycles. The van der Waals surface area contributed by atoms with Crippen molar-refractivity contribution in [2.45, 2.75) is 25.4 Å². The first kappa shape index (κ1) is 17.7. The molecule has 3 rings (SSSR count). The van der Waals surface area contributed by atoms with E-state index in [0.717, 1.165) is 16.1 Å². The summed E-state index contributed by atoms with van der Waals surface area (Å²) in [6, 6.07) is 1.17. The molecule has 23 heavy (non-hydrogen) atoms. The molecule has 0 bridgehead atoms. The summed E-state index contributed by atoms with van der Waals surface area (Å²) in [5.41, 5.74) is -1.21. The first-order valence-corrected chi connectivity index (χ1v) is 12.9. The van der Waals surface area contributed by atoms with E-state index in [1.165, 1.54) is 12.3 Å². The zero-order valence-electron chi connectivity index (χ0n) is 12.2. The molecule has 0 aliphatic carbocycles. The molecule has 0 unspecified atom stereocenters. The summed E-state index contributed by atoms with van der Waals surface area (Å²) < 4.78 is 25.2. The summed E-state index contributed by atoms with van der Waals surface area (Å²) in [5.74, 6) is 1.52. The van der Waals surface area contributed by atoms with Crippen molar-refractivity contribution in [3.63, 3.8) is 0 Å². The molecule has 2 saturated heterocycles. The Morgan fingerprint density at radius 1 is 1.52 bits per heavy atom. The molecular weight excluding hydrogens is 382 g/mol. The topological polar surface area (TPSA) is 73.3 Å². The van der Waals surface area contributed by atoms with Gasteiger partial charge < -0.3 is 9.26 Å². The van der Waals surface area contributed by atoms with E-state index < -0.39 is 40.3 Å². The first-order valence-electron chi connectivity index (χ1n) is 7.04. The number of alkyl halides is 1. The Hall–Kier alpha value is -0.120. The lowest BCUT2D eigenvalue weighted by Crippen LogP contribution is -2.34. The molecule has 1 N–H and O–H groups in total. The lowest BCUT2D eigenvalue weighted by Gasteiger charge is -2.19. The first-order chi connectivity index (χ1) is 10.9. The highest BCUT2D eigenvalue weighted by molar-refractivity contribution is 9.00. The number of nitrogens with one attached hydrogen (secondary N) is 1. The number of ether oxygens (including phenoxy) is 1. The fourth-order valence-electron chi connectivity index (χ4n) is 2.46. The monoisotopic (exact) mass is 398 g/mol. The third-order valence-electron chi connectivity index (χ3n) is 3.78. The van der Waals surface area contributed by atoms with E-state index in [4.69, 9.17) is 21.1 Å². The lowest BCUT2D eigenvalue weighted by molar-refractivity contribution is -0.0361. The van der Waals surface area contributed by atoms with E-state index in [1.807, 2.05) is 0 Å². The molecule has 0 saturated carbocycles. The maximum absolute atomic E-state index is 14.5. The average molecular weight is 398 g/mol. The Morgan fingerprint density at radius 3 is 2.87 bits per heavy atom. The van der Waals surface area contributed by atoms with Gasteiger partial charge in [-0.25, -0.2) is 9.18 Å². The predicted molar refractivity (Wildman–Crippen MR) is 94.4 cm³/mol. The van der Waals surface area contributed by atoms with Gasteiger partial charge in [-0.3, -0.25) is 14.3 Å². The number of aromatic nitrogens is 2. The summed E-state index contributed by atoms with van der Waals surface area (Å²) >= 11 is 8.81. The average Bonchev–Trinajstić information content (AvgIpc) is 3.05. The van der Waals surface area contributed by atoms with Gasteiger partial charge in [-0.05, 0) is 11.8 Å². The molecule has 0 amide bonds. The fourth-order valence-corrected chi connectivity index (χ4v) is 11.3. The van der Waals surface area contributed by atoms with Crippen LogP contribution in [0.5, 0.6) is 0 Å². The second kappa shape index (κ2) is 7.01. The van der Waals surface area contributed by atoms with E-state index in [-0.39, 0.29) is 6.61 Å². The summed E-state index contributed by atoms with van der Waals surface area (Å²) in [4.78, 5) is 25.0. The number of aromatic amines is 1. The summed E-state index contributed by atoms with van der Waals surface area (Å²) in [6.45, 7) is 1.94. The Morgan fingerprint density at radius 2 is 2.22 bits per heavy atom. The van der Waals surface area contributed by atoms with E-state index in [1.54, 1.807) is 29.7 Å². The molecule has 6 nitrogen and oxygen atoms in total. The van der Waals surface area contributed by atoms with Crippen LogP contribution in [0.4, 0.5) is 4.39 Å². The molecule has 128 valence electrons. The summed E-state index contributed by atoms with van der Waals surface area (Å²) in [6.07, 6.45) is -1.66. The lowest BCUT2D eigenvalue weighted by atomic mass is 10.0. The minimum Gasteiger partial charge on any atom is -0.349 e. The highest BCUT2D eigenvalue weighted by atomic mass is 33.2. The Bertz CT molecular complexity index is 732. The van der Waals surface area contributed by atoms with Crippen LogP contribution >= 0.6 is 27.4 Å². The van der Waals surface area contributed by atoms with Crippen LogP contribution in [0.2, 0.25) is 0 Å². The number of halogens is 1. The molecule has 11 heteroatoms.